The molecule has 0 saturated heterocycles. The molecule has 0 aliphatic heterocycles. The largest absolute Gasteiger partial charge is 0.321 e. The topological polar surface area (TPSA) is 52.9 Å². The summed E-state index contributed by atoms with van der Waals surface area (Å²) in [5.74, 6) is -1.22. The summed E-state index contributed by atoms with van der Waals surface area (Å²) in [5.41, 5.74) is 1.40. The molecule has 1 N–H and O–H groups in total. The van der Waals surface area contributed by atoms with E-state index in [9.17, 15) is 9.18 Å². The Balaban J connectivity index is 2.39. The second-order valence-corrected chi connectivity index (χ2v) is 5.01. The fourth-order valence-electron chi connectivity index (χ4n) is 1.82. The highest BCUT2D eigenvalue weighted by Gasteiger charge is 2.17. The zero-order valence-electron chi connectivity index (χ0n) is 10.6. The number of aryl methyl sites for hydroxylation is 1. The third-order valence-corrected chi connectivity index (χ3v) is 3.48. The Hall–Kier alpha value is -2.19. The fourth-order valence-corrected chi connectivity index (χ4v) is 2.34. The highest BCUT2D eigenvalue weighted by Crippen LogP contribution is 2.23. The summed E-state index contributed by atoms with van der Waals surface area (Å²) < 4.78 is 14.1. The number of hydrogen-bond donors (Lipinski definition) is 1. The highest BCUT2D eigenvalue weighted by molar-refractivity contribution is 9.10. The van der Waals surface area contributed by atoms with Crippen LogP contribution in [0.4, 0.5) is 10.1 Å². The van der Waals surface area contributed by atoms with Crippen LogP contribution < -0.4 is 5.32 Å². The van der Waals surface area contributed by atoms with Crippen molar-refractivity contribution in [3.05, 3.63) is 63.4 Å². The number of amides is 1. The van der Waals surface area contributed by atoms with Gasteiger partial charge in [-0.05, 0) is 46.6 Å². The zero-order chi connectivity index (χ0) is 14.7. The number of carbonyl (C=O) groups is 1. The Morgan fingerprint density at radius 1 is 1.30 bits per heavy atom. The lowest BCUT2D eigenvalue weighted by atomic mass is 10.1. The molecule has 0 spiro atoms. The van der Waals surface area contributed by atoms with Crippen LogP contribution >= 0.6 is 15.9 Å². The predicted molar refractivity (Wildman–Crippen MR) is 77.9 cm³/mol. The van der Waals surface area contributed by atoms with Crippen LogP contribution in [0.25, 0.3) is 0 Å². The monoisotopic (exact) mass is 332 g/mol. The number of benzene rings is 2. The number of nitrogens with zero attached hydrogens (tertiary/aromatic N) is 1. The van der Waals surface area contributed by atoms with Crippen LogP contribution in [0.3, 0.4) is 0 Å². The van der Waals surface area contributed by atoms with Crippen molar-refractivity contribution in [2.24, 2.45) is 0 Å². The maximum atomic E-state index is 13.7. The van der Waals surface area contributed by atoms with Gasteiger partial charge >= 0.3 is 0 Å². The second kappa shape index (κ2) is 5.85. The van der Waals surface area contributed by atoms with E-state index in [0.29, 0.717) is 15.7 Å². The molecule has 0 bridgehead atoms. The Kier molecular flexibility index (Phi) is 4.16. The van der Waals surface area contributed by atoms with Crippen LogP contribution in [0, 0.1) is 24.1 Å². The van der Waals surface area contributed by atoms with Crippen molar-refractivity contribution in [3.63, 3.8) is 0 Å². The molecular formula is C15H10BrFN2O. The first-order chi connectivity index (χ1) is 9.54. The van der Waals surface area contributed by atoms with Gasteiger partial charge in [0.25, 0.3) is 5.91 Å². The van der Waals surface area contributed by atoms with E-state index in [-0.39, 0.29) is 5.56 Å². The van der Waals surface area contributed by atoms with Crippen molar-refractivity contribution in [1.29, 1.82) is 5.26 Å². The van der Waals surface area contributed by atoms with E-state index in [1.807, 2.05) is 6.07 Å². The van der Waals surface area contributed by atoms with E-state index < -0.39 is 11.7 Å². The Labute approximate surface area is 124 Å². The quantitative estimate of drug-likeness (QED) is 0.902. The lowest BCUT2D eigenvalue weighted by Crippen LogP contribution is -2.15. The highest BCUT2D eigenvalue weighted by atomic mass is 79.9. The van der Waals surface area contributed by atoms with Gasteiger partial charge in [0.05, 0.1) is 16.8 Å². The molecule has 0 atom stereocenters. The lowest BCUT2D eigenvalue weighted by Gasteiger charge is -2.10. The van der Waals surface area contributed by atoms with Crippen molar-refractivity contribution in [1.82, 2.24) is 0 Å². The minimum atomic E-state index is -0.622. The lowest BCUT2D eigenvalue weighted by molar-refractivity contribution is 0.102. The van der Waals surface area contributed by atoms with Crippen molar-refractivity contribution in [3.8, 4) is 6.07 Å². The molecule has 0 aliphatic carbocycles. The molecule has 2 rings (SSSR count). The van der Waals surface area contributed by atoms with Crippen molar-refractivity contribution >= 4 is 27.5 Å². The van der Waals surface area contributed by atoms with E-state index >= 15 is 0 Å². The number of anilines is 1. The molecule has 0 aromatic heterocycles. The average Bonchev–Trinajstić information content (AvgIpc) is 2.38. The number of hydrogen-bond acceptors (Lipinski definition) is 2. The summed E-state index contributed by atoms with van der Waals surface area (Å²) in [6, 6.07) is 11.4. The van der Waals surface area contributed by atoms with Gasteiger partial charge in [-0.25, -0.2) is 4.39 Å². The molecule has 0 heterocycles. The first-order valence-corrected chi connectivity index (χ1v) is 6.59. The van der Waals surface area contributed by atoms with Gasteiger partial charge in [-0.15, -0.1) is 0 Å². The maximum absolute atomic E-state index is 13.7. The van der Waals surface area contributed by atoms with Gasteiger partial charge in [-0.2, -0.15) is 5.26 Å². The first kappa shape index (κ1) is 14.2. The van der Waals surface area contributed by atoms with E-state index in [0.717, 1.165) is 5.56 Å². The third-order valence-electron chi connectivity index (χ3n) is 2.82. The summed E-state index contributed by atoms with van der Waals surface area (Å²) in [4.78, 5) is 12.1. The molecule has 20 heavy (non-hydrogen) atoms. The minimum Gasteiger partial charge on any atom is -0.321 e. The molecule has 0 fully saturated rings. The van der Waals surface area contributed by atoms with Crippen molar-refractivity contribution < 1.29 is 9.18 Å². The predicted octanol–water partition coefficient (Wildman–Crippen LogP) is 4.02. The maximum Gasteiger partial charge on any atom is 0.259 e. The molecule has 2 aromatic carbocycles. The second-order valence-electron chi connectivity index (χ2n) is 4.16. The molecule has 0 radical (unpaired) electrons. The Morgan fingerprint density at radius 2 is 2.00 bits per heavy atom. The summed E-state index contributed by atoms with van der Waals surface area (Å²) in [6.45, 7) is 1.77. The van der Waals surface area contributed by atoms with Gasteiger partial charge in [-0.3, -0.25) is 4.79 Å². The molecule has 0 unspecified atom stereocenters. The summed E-state index contributed by atoms with van der Waals surface area (Å²) in [7, 11) is 0. The Morgan fingerprint density at radius 3 is 2.65 bits per heavy atom. The standard InChI is InChI=1S/C15H10BrFN2O/c1-9-4-2-7-13(10(9)8-18)19-15(20)14-11(16)5-3-6-12(14)17/h2-7H,1H3,(H,19,20). The molecule has 100 valence electrons. The van der Waals surface area contributed by atoms with Gasteiger partial charge in [0.2, 0.25) is 0 Å². The average molecular weight is 333 g/mol. The van der Waals surface area contributed by atoms with Crippen molar-refractivity contribution in [2.45, 2.75) is 6.92 Å². The van der Waals surface area contributed by atoms with E-state index in [1.54, 1.807) is 31.2 Å². The number of nitriles is 1. The summed E-state index contributed by atoms with van der Waals surface area (Å²) in [6.07, 6.45) is 0. The van der Waals surface area contributed by atoms with E-state index in [1.165, 1.54) is 12.1 Å². The molecule has 2 aromatic rings. The number of halogens is 2. The van der Waals surface area contributed by atoms with Crippen LogP contribution in [0.2, 0.25) is 0 Å². The van der Waals surface area contributed by atoms with Crippen LogP contribution in [-0.4, -0.2) is 5.91 Å². The number of nitrogens with one attached hydrogen (secondary N) is 1. The van der Waals surface area contributed by atoms with Crippen LogP contribution in [-0.2, 0) is 0 Å². The minimum absolute atomic E-state index is 0.0853. The van der Waals surface area contributed by atoms with Crippen LogP contribution in [0.1, 0.15) is 21.5 Å². The number of rotatable bonds is 2. The summed E-state index contributed by atoms with van der Waals surface area (Å²) in [5, 5.41) is 11.7. The smallest absolute Gasteiger partial charge is 0.259 e. The van der Waals surface area contributed by atoms with Gasteiger partial charge in [0, 0.05) is 4.47 Å². The molecule has 0 saturated carbocycles. The molecule has 5 heteroatoms. The number of carbonyl (C=O) groups excluding carboxylic acids is 1. The zero-order valence-corrected chi connectivity index (χ0v) is 12.2. The third kappa shape index (κ3) is 2.70. The fraction of sp³-hybridized carbons (Fsp3) is 0.0667. The van der Waals surface area contributed by atoms with Crippen LogP contribution in [0.15, 0.2) is 40.9 Å². The Bertz CT molecular complexity index is 702. The van der Waals surface area contributed by atoms with Gasteiger partial charge in [0.1, 0.15) is 11.9 Å². The molecule has 3 nitrogen and oxygen atoms in total. The van der Waals surface area contributed by atoms with Gasteiger partial charge in [-0.1, -0.05) is 18.2 Å². The van der Waals surface area contributed by atoms with E-state index in [4.69, 9.17) is 5.26 Å². The van der Waals surface area contributed by atoms with Crippen molar-refractivity contribution in [2.75, 3.05) is 5.32 Å². The molecule has 0 aliphatic rings. The summed E-state index contributed by atoms with van der Waals surface area (Å²) >= 11 is 3.15. The van der Waals surface area contributed by atoms with Gasteiger partial charge < -0.3 is 5.32 Å². The SMILES string of the molecule is Cc1cccc(NC(=O)c2c(F)cccc2Br)c1C#N. The van der Waals surface area contributed by atoms with Crippen LogP contribution in [0.5, 0.6) is 0 Å². The normalized spacial score (nSPS) is 9.90. The van der Waals surface area contributed by atoms with Gasteiger partial charge in [0.15, 0.2) is 0 Å². The molecular weight excluding hydrogens is 323 g/mol. The van der Waals surface area contributed by atoms with E-state index in [2.05, 4.69) is 21.2 Å². The first-order valence-electron chi connectivity index (χ1n) is 5.79. The molecule has 1 amide bonds.